The van der Waals surface area contributed by atoms with Crippen molar-refractivity contribution in [2.75, 3.05) is 5.73 Å². The van der Waals surface area contributed by atoms with Gasteiger partial charge in [0.25, 0.3) is 0 Å². The van der Waals surface area contributed by atoms with Crippen molar-refractivity contribution >= 4 is 33.6 Å². The van der Waals surface area contributed by atoms with Crippen molar-refractivity contribution in [3.63, 3.8) is 0 Å². The summed E-state index contributed by atoms with van der Waals surface area (Å²) < 4.78 is 0.739. The highest BCUT2D eigenvalue weighted by atomic mass is 79.9. The quantitative estimate of drug-likeness (QED) is 0.681. The number of aromatic nitrogens is 2. The van der Waals surface area contributed by atoms with Gasteiger partial charge in [-0.2, -0.15) is 0 Å². The largest absolute Gasteiger partial charge is 0.368 e. The highest BCUT2D eigenvalue weighted by Gasteiger charge is 2.10. The maximum absolute atomic E-state index is 5.55. The second-order valence-electron chi connectivity index (χ2n) is 3.45. The first-order valence-corrected chi connectivity index (χ1v) is 6.13. The number of thioether (sulfide) groups is 1. The lowest BCUT2D eigenvalue weighted by molar-refractivity contribution is 0.641. The Morgan fingerprint density at radius 1 is 1.36 bits per heavy atom. The van der Waals surface area contributed by atoms with Crippen LogP contribution < -0.4 is 5.73 Å². The lowest BCUT2D eigenvalue weighted by atomic mass is 10.2. The van der Waals surface area contributed by atoms with Gasteiger partial charge in [0.1, 0.15) is 9.63 Å². The van der Waals surface area contributed by atoms with Crippen LogP contribution >= 0.6 is 27.7 Å². The van der Waals surface area contributed by atoms with Crippen molar-refractivity contribution in [1.29, 1.82) is 0 Å². The summed E-state index contributed by atoms with van der Waals surface area (Å²) in [6.07, 6.45) is 0. The van der Waals surface area contributed by atoms with Gasteiger partial charge in [0.2, 0.25) is 5.95 Å². The Balaban J connectivity index is 2.76. The minimum absolute atomic E-state index is 0.317. The third-order valence-corrected chi connectivity index (χ3v) is 3.71. The van der Waals surface area contributed by atoms with Gasteiger partial charge < -0.3 is 5.73 Å². The molecule has 0 aliphatic heterocycles. The molecular weight excluding hydrogens is 262 g/mol. The number of hydrogen-bond acceptors (Lipinski definition) is 4. The second kappa shape index (κ2) is 4.98. The first-order valence-electron chi connectivity index (χ1n) is 4.45. The van der Waals surface area contributed by atoms with Crippen LogP contribution in [0.3, 0.4) is 0 Å². The summed E-state index contributed by atoms with van der Waals surface area (Å²) in [5, 5.41) is 1.45. The average molecular weight is 276 g/mol. The van der Waals surface area contributed by atoms with Crippen LogP contribution in [-0.2, 0) is 0 Å². The maximum atomic E-state index is 5.55. The Morgan fingerprint density at radius 3 is 2.50 bits per heavy atom. The van der Waals surface area contributed by atoms with Crippen molar-refractivity contribution in [2.45, 2.75) is 31.0 Å². The van der Waals surface area contributed by atoms with E-state index in [-0.39, 0.29) is 0 Å². The number of nitrogens with two attached hydrogens (primary N) is 1. The molecule has 2 N–H and O–H groups in total. The van der Waals surface area contributed by atoms with E-state index in [1.54, 1.807) is 11.8 Å². The zero-order valence-corrected chi connectivity index (χ0v) is 10.9. The van der Waals surface area contributed by atoms with E-state index in [9.17, 15) is 0 Å². The summed E-state index contributed by atoms with van der Waals surface area (Å²) in [6, 6.07) is 1.89. The molecule has 0 fully saturated rings. The standard InChI is InChI=1S/C9H14BrN3S/c1-5(2)6(3)14-8-4-7(10)12-9(11)13-8/h4-6H,1-3H3,(H2,11,12,13). The molecule has 1 aromatic rings. The van der Waals surface area contributed by atoms with Gasteiger partial charge in [0, 0.05) is 11.3 Å². The third kappa shape index (κ3) is 3.46. The minimum atomic E-state index is 0.317. The van der Waals surface area contributed by atoms with Gasteiger partial charge in [0.15, 0.2) is 0 Å². The van der Waals surface area contributed by atoms with Crippen molar-refractivity contribution in [1.82, 2.24) is 9.97 Å². The van der Waals surface area contributed by atoms with Gasteiger partial charge in [-0.1, -0.05) is 20.8 Å². The Morgan fingerprint density at radius 2 is 2.00 bits per heavy atom. The lowest BCUT2D eigenvalue weighted by Gasteiger charge is -2.14. The van der Waals surface area contributed by atoms with Crippen LogP contribution in [0.15, 0.2) is 15.7 Å². The van der Waals surface area contributed by atoms with Crippen molar-refractivity contribution in [2.24, 2.45) is 5.92 Å². The number of nitrogens with zero attached hydrogens (tertiary/aromatic N) is 2. The number of anilines is 1. The highest BCUT2D eigenvalue weighted by Crippen LogP contribution is 2.27. The SMILES string of the molecule is CC(C)C(C)Sc1cc(Br)nc(N)n1. The Bertz CT molecular complexity index is 297. The summed E-state index contributed by atoms with van der Waals surface area (Å²) in [6.45, 7) is 6.57. The topological polar surface area (TPSA) is 51.8 Å². The predicted octanol–water partition coefficient (Wildman–Crippen LogP) is 2.96. The molecule has 3 nitrogen and oxygen atoms in total. The monoisotopic (exact) mass is 275 g/mol. The van der Waals surface area contributed by atoms with Crippen LogP contribution in [-0.4, -0.2) is 15.2 Å². The summed E-state index contributed by atoms with van der Waals surface area (Å²) in [7, 11) is 0. The van der Waals surface area contributed by atoms with E-state index in [0.717, 1.165) is 9.63 Å². The lowest BCUT2D eigenvalue weighted by Crippen LogP contribution is -2.06. The zero-order chi connectivity index (χ0) is 10.7. The molecule has 0 spiro atoms. The van der Waals surface area contributed by atoms with Crippen LogP contribution in [0.5, 0.6) is 0 Å². The van der Waals surface area contributed by atoms with Gasteiger partial charge in [0.05, 0.1) is 0 Å². The second-order valence-corrected chi connectivity index (χ2v) is 5.66. The zero-order valence-electron chi connectivity index (χ0n) is 8.49. The minimum Gasteiger partial charge on any atom is -0.368 e. The molecule has 0 radical (unpaired) electrons. The summed E-state index contributed by atoms with van der Waals surface area (Å²) in [5.74, 6) is 0.938. The van der Waals surface area contributed by atoms with Crippen molar-refractivity contribution in [3.05, 3.63) is 10.7 Å². The molecule has 0 aliphatic carbocycles. The molecule has 1 heterocycles. The van der Waals surface area contributed by atoms with E-state index in [0.29, 0.717) is 17.1 Å². The third-order valence-electron chi connectivity index (χ3n) is 1.93. The number of nitrogen functional groups attached to an aromatic ring is 1. The Hall–Kier alpha value is -0.290. The molecule has 1 aromatic heterocycles. The van der Waals surface area contributed by atoms with E-state index in [1.165, 1.54) is 0 Å². The van der Waals surface area contributed by atoms with Crippen molar-refractivity contribution < 1.29 is 0 Å². The highest BCUT2D eigenvalue weighted by molar-refractivity contribution is 9.10. The molecule has 0 saturated heterocycles. The van der Waals surface area contributed by atoms with Gasteiger partial charge in [-0.05, 0) is 21.8 Å². The first kappa shape index (κ1) is 11.8. The molecule has 1 atom stereocenters. The molecule has 1 rings (SSSR count). The fourth-order valence-electron chi connectivity index (χ4n) is 0.801. The van der Waals surface area contributed by atoms with Crippen LogP contribution in [0.4, 0.5) is 5.95 Å². The van der Waals surface area contributed by atoms with E-state index in [4.69, 9.17) is 5.73 Å². The van der Waals surface area contributed by atoms with E-state index in [2.05, 4.69) is 46.7 Å². The van der Waals surface area contributed by atoms with Gasteiger partial charge >= 0.3 is 0 Å². The average Bonchev–Trinajstić information content (AvgIpc) is 2.01. The van der Waals surface area contributed by atoms with Crippen LogP contribution in [0, 0.1) is 5.92 Å². The molecule has 14 heavy (non-hydrogen) atoms. The molecule has 0 bridgehead atoms. The van der Waals surface area contributed by atoms with Crippen LogP contribution in [0.2, 0.25) is 0 Å². The smallest absolute Gasteiger partial charge is 0.222 e. The molecule has 0 saturated carbocycles. The normalized spacial score (nSPS) is 13.2. The van der Waals surface area contributed by atoms with E-state index < -0.39 is 0 Å². The molecule has 0 aliphatic rings. The first-order chi connectivity index (χ1) is 6.49. The van der Waals surface area contributed by atoms with Gasteiger partial charge in [-0.25, -0.2) is 9.97 Å². The Kier molecular flexibility index (Phi) is 4.19. The molecule has 78 valence electrons. The summed E-state index contributed by atoms with van der Waals surface area (Å²) in [5.41, 5.74) is 5.55. The van der Waals surface area contributed by atoms with Gasteiger partial charge in [-0.3, -0.25) is 0 Å². The number of rotatable bonds is 3. The molecular formula is C9H14BrN3S. The van der Waals surface area contributed by atoms with Gasteiger partial charge in [-0.15, -0.1) is 11.8 Å². The summed E-state index contributed by atoms with van der Waals surface area (Å²) >= 11 is 5.01. The van der Waals surface area contributed by atoms with Crippen molar-refractivity contribution in [3.8, 4) is 0 Å². The number of halogens is 1. The molecule has 5 heteroatoms. The van der Waals surface area contributed by atoms with Crippen LogP contribution in [0.1, 0.15) is 20.8 Å². The fourth-order valence-corrected chi connectivity index (χ4v) is 2.33. The van der Waals surface area contributed by atoms with E-state index in [1.807, 2.05) is 6.07 Å². The van der Waals surface area contributed by atoms with E-state index >= 15 is 0 Å². The predicted molar refractivity (Wildman–Crippen MR) is 64.3 cm³/mol. The maximum Gasteiger partial charge on any atom is 0.222 e. The fraction of sp³-hybridized carbons (Fsp3) is 0.556. The summed E-state index contributed by atoms with van der Waals surface area (Å²) in [4.78, 5) is 8.11. The Labute approximate surface area is 97.0 Å². The number of hydrogen-bond donors (Lipinski definition) is 1. The van der Waals surface area contributed by atoms with Crippen LogP contribution in [0.25, 0.3) is 0 Å². The molecule has 0 aromatic carbocycles. The molecule has 0 amide bonds. The molecule has 1 unspecified atom stereocenters.